The minimum absolute atomic E-state index is 0.0222. The Hall–Kier alpha value is -1.61. The van der Waals surface area contributed by atoms with Gasteiger partial charge in [0.2, 0.25) is 0 Å². The molecule has 14 heavy (non-hydrogen) atoms. The number of benzene rings is 1. The van der Waals surface area contributed by atoms with Crippen LogP contribution in [0.25, 0.3) is 10.9 Å². The SMILES string of the molecule is C[C@@H](N)c1ccc2[nH]c(C=O)cc2c1. The van der Waals surface area contributed by atoms with Crippen molar-refractivity contribution in [3.8, 4) is 0 Å². The van der Waals surface area contributed by atoms with E-state index in [0.29, 0.717) is 5.69 Å². The monoisotopic (exact) mass is 188 g/mol. The highest BCUT2D eigenvalue weighted by atomic mass is 16.1. The molecule has 3 heteroatoms. The maximum Gasteiger partial charge on any atom is 0.166 e. The van der Waals surface area contributed by atoms with Crippen molar-refractivity contribution in [1.29, 1.82) is 0 Å². The van der Waals surface area contributed by atoms with E-state index in [4.69, 9.17) is 5.73 Å². The van der Waals surface area contributed by atoms with Crippen LogP contribution in [0.4, 0.5) is 0 Å². The Morgan fingerprint density at radius 3 is 2.86 bits per heavy atom. The van der Waals surface area contributed by atoms with Crippen LogP contribution >= 0.6 is 0 Å². The van der Waals surface area contributed by atoms with Crippen LogP contribution in [-0.2, 0) is 0 Å². The number of aldehydes is 1. The van der Waals surface area contributed by atoms with Gasteiger partial charge in [-0.3, -0.25) is 4.79 Å². The number of rotatable bonds is 2. The molecule has 0 amide bonds. The molecule has 1 heterocycles. The van der Waals surface area contributed by atoms with Crippen LogP contribution in [0, 0.1) is 0 Å². The van der Waals surface area contributed by atoms with Gasteiger partial charge >= 0.3 is 0 Å². The van der Waals surface area contributed by atoms with Gasteiger partial charge in [-0.05, 0) is 30.7 Å². The molecule has 0 saturated carbocycles. The number of fused-ring (bicyclic) bond motifs is 1. The summed E-state index contributed by atoms with van der Waals surface area (Å²) in [5, 5.41) is 1.03. The lowest BCUT2D eigenvalue weighted by Crippen LogP contribution is -2.04. The van der Waals surface area contributed by atoms with E-state index in [1.807, 2.05) is 31.2 Å². The molecule has 2 rings (SSSR count). The molecule has 0 aliphatic rings. The van der Waals surface area contributed by atoms with Crippen molar-refractivity contribution in [3.05, 3.63) is 35.5 Å². The third-order valence-electron chi connectivity index (χ3n) is 2.32. The number of nitrogens with two attached hydrogens (primary N) is 1. The highest BCUT2D eigenvalue weighted by molar-refractivity contribution is 5.88. The van der Waals surface area contributed by atoms with Crippen molar-refractivity contribution in [2.45, 2.75) is 13.0 Å². The summed E-state index contributed by atoms with van der Waals surface area (Å²) in [5.41, 5.74) is 8.41. The molecule has 0 aliphatic heterocycles. The van der Waals surface area contributed by atoms with Gasteiger partial charge in [-0.15, -0.1) is 0 Å². The topological polar surface area (TPSA) is 58.9 Å². The molecule has 2 aromatic rings. The van der Waals surface area contributed by atoms with E-state index in [2.05, 4.69) is 4.98 Å². The minimum atomic E-state index is 0.0222. The Labute approximate surface area is 81.9 Å². The molecular formula is C11H12N2O. The van der Waals surface area contributed by atoms with E-state index >= 15 is 0 Å². The van der Waals surface area contributed by atoms with Crippen LogP contribution in [0.5, 0.6) is 0 Å². The van der Waals surface area contributed by atoms with Gasteiger partial charge in [0.15, 0.2) is 6.29 Å². The quantitative estimate of drug-likeness (QED) is 0.708. The molecule has 0 saturated heterocycles. The third-order valence-corrected chi connectivity index (χ3v) is 2.32. The zero-order valence-corrected chi connectivity index (χ0v) is 7.95. The number of carbonyl (C=O) groups excluding carboxylic acids is 1. The van der Waals surface area contributed by atoms with Crippen LogP contribution in [0.15, 0.2) is 24.3 Å². The van der Waals surface area contributed by atoms with Crippen LogP contribution in [0.2, 0.25) is 0 Å². The van der Waals surface area contributed by atoms with Gasteiger partial charge in [0.05, 0.1) is 5.69 Å². The first-order valence-electron chi connectivity index (χ1n) is 4.54. The van der Waals surface area contributed by atoms with Crippen molar-refractivity contribution in [1.82, 2.24) is 4.98 Å². The lowest BCUT2D eigenvalue weighted by atomic mass is 10.1. The molecule has 0 radical (unpaired) electrons. The number of carbonyl (C=O) groups is 1. The molecule has 3 N–H and O–H groups in total. The van der Waals surface area contributed by atoms with Gasteiger partial charge in [-0.2, -0.15) is 0 Å². The predicted molar refractivity (Wildman–Crippen MR) is 56.3 cm³/mol. The van der Waals surface area contributed by atoms with E-state index in [9.17, 15) is 4.79 Å². The Morgan fingerprint density at radius 1 is 1.43 bits per heavy atom. The summed E-state index contributed by atoms with van der Waals surface area (Å²) in [6.07, 6.45) is 0.811. The molecule has 0 aliphatic carbocycles. The van der Waals surface area contributed by atoms with Crippen LogP contribution in [0.3, 0.4) is 0 Å². The van der Waals surface area contributed by atoms with Crippen LogP contribution in [0.1, 0.15) is 29.0 Å². The van der Waals surface area contributed by atoms with Crippen LogP contribution < -0.4 is 5.73 Å². The molecule has 1 aromatic heterocycles. The first-order valence-corrected chi connectivity index (χ1v) is 4.54. The van der Waals surface area contributed by atoms with Crippen molar-refractivity contribution < 1.29 is 4.79 Å². The van der Waals surface area contributed by atoms with Crippen molar-refractivity contribution in [2.75, 3.05) is 0 Å². The third kappa shape index (κ3) is 1.42. The second-order valence-corrected chi connectivity index (χ2v) is 3.48. The standard InChI is InChI=1S/C11H12N2O/c1-7(12)8-2-3-11-9(4-8)5-10(6-14)13-11/h2-7,13H,12H2,1H3/t7-/m1/s1. The summed E-state index contributed by atoms with van der Waals surface area (Å²) in [4.78, 5) is 13.5. The average molecular weight is 188 g/mol. The van der Waals surface area contributed by atoms with E-state index in [-0.39, 0.29) is 6.04 Å². The van der Waals surface area contributed by atoms with Gasteiger partial charge < -0.3 is 10.7 Å². The van der Waals surface area contributed by atoms with Crippen molar-refractivity contribution in [3.63, 3.8) is 0 Å². The largest absolute Gasteiger partial charge is 0.352 e. The number of H-pyrrole nitrogens is 1. The average Bonchev–Trinajstić information content (AvgIpc) is 2.58. The summed E-state index contributed by atoms with van der Waals surface area (Å²) in [5.74, 6) is 0. The second kappa shape index (κ2) is 3.27. The number of aromatic amines is 1. The summed E-state index contributed by atoms with van der Waals surface area (Å²) in [6, 6.07) is 7.77. The first-order chi connectivity index (χ1) is 6.70. The highest BCUT2D eigenvalue weighted by Gasteiger charge is 2.03. The van der Waals surface area contributed by atoms with Gasteiger partial charge in [-0.1, -0.05) is 6.07 Å². The summed E-state index contributed by atoms with van der Waals surface area (Å²) in [7, 11) is 0. The highest BCUT2D eigenvalue weighted by Crippen LogP contribution is 2.19. The Kier molecular flexibility index (Phi) is 2.09. The normalized spacial score (nSPS) is 13.0. The van der Waals surface area contributed by atoms with E-state index in [1.165, 1.54) is 0 Å². The van der Waals surface area contributed by atoms with Gasteiger partial charge in [-0.25, -0.2) is 0 Å². The van der Waals surface area contributed by atoms with Gasteiger partial charge in [0.25, 0.3) is 0 Å². The lowest BCUT2D eigenvalue weighted by Gasteiger charge is -2.04. The fraction of sp³-hybridized carbons (Fsp3) is 0.182. The summed E-state index contributed by atoms with van der Waals surface area (Å²) < 4.78 is 0. The maximum absolute atomic E-state index is 10.5. The Morgan fingerprint density at radius 2 is 2.21 bits per heavy atom. The lowest BCUT2D eigenvalue weighted by molar-refractivity contribution is 0.112. The number of hydrogen-bond donors (Lipinski definition) is 2. The maximum atomic E-state index is 10.5. The van der Waals surface area contributed by atoms with Crippen molar-refractivity contribution in [2.24, 2.45) is 5.73 Å². The molecule has 0 fully saturated rings. The molecule has 3 nitrogen and oxygen atoms in total. The van der Waals surface area contributed by atoms with Crippen molar-refractivity contribution >= 4 is 17.2 Å². The molecule has 0 bridgehead atoms. The number of hydrogen-bond acceptors (Lipinski definition) is 2. The molecule has 1 atom stereocenters. The van der Waals surface area contributed by atoms with Crippen LogP contribution in [-0.4, -0.2) is 11.3 Å². The molecule has 0 spiro atoms. The molecule has 72 valence electrons. The molecule has 0 unspecified atom stereocenters. The Bertz CT molecular complexity index is 471. The first kappa shape index (κ1) is 8.97. The zero-order chi connectivity index (χ0) is 10.1. The fourth-order valence-corrected chi connectivity index (χ4v) is 1.52. The number of aromatic nitrogens is 1. The van der Waals surface area contributed by atoms with E-state index in [0.717, 1.165) is 22.8 Å². The van der Waals surface area contributed by atoms with Gasteiger partial charge in [0, 0.05) is 16.9 Å². The predicted octanol–water partition coefficient (Wildman–Crippen LogP) is 2.00. The number of nitrogens with one attached hydrogen (secondary N) is 1. The van der Waals surface area contributed by atoms with E-state index in [1.54, 1.807) is 0 Å². The molecule has 1 aromatic carbocycles. The summed E-state index contributed by atoms with van der Waals surface area (Å²) >= 11 is 0. The second-order valence-electron chi connectivity index (χ2n) is 3.48. The molecular weight excluding hydrogens is 176 g/mol. The Balaban J connectivity index is 2.59. The minimum Gasteiger partial charge on any atom is -0.352 e. The van der Waals surface area contributed by atoms with E-state index < -0.39 is 0 Å². The summed E-state index contributed by atoms with van der Waals surface area (Å²) in [6.45, 7) is 1.94. The smallest absolute Gasteiger partial charge is 0.166 e. The van der Waals surface area contributed by atoms with Gasteiger partial charge in [0.1, 0.15) is 0 Å². The zero-order valence-electron chi connectivity index (χ0n) is 7.95. The fourth-order valence-electron chi connectivity index (χ4n) is 1.52.